The van der Waals surface area contributed by atoms with Crippen LogP contribution in [-0.4, -0.2) is 65.2 Å². The summed E-state index contributed by atoms with van der Waals surface area (Å²) in [6.45, 7) is 13.1. The van der Waals surface area contributed by atoms with Gasteiger partial charge in [0.25, 0.3) is 0 Å². The Hall–Kier alpha value is -2.36. The number of rotatable bonds is 8. The van der Waals surface area contributed by atoms with Gasteiger partial charge < -0.3 is 31.1 Å². The van der Waals surface area contributed by atoms with Gasteiger partial charge in [-0.2, -0.15) is 0 Å². The largest absolute Gasteiger partial charge is 0.457 e. The van der Waals surface area contributed by atoms with Gasteiger partial charge in [-0.15, -0.1) is 0 Å². The summed E-state index contributed by atoms with van der Waals surface area (Å²) in [6, 6.07) is 5.05. The fraction of sp³-hybridized carbons (Fsp3) is 0.654. The summed E-state index contributed by atoms with van der Waals surface area (Å²) in [5.74, 6) is -0.954. The first kappa shape index (κ1) is 29.9. The third-order valence-corrected chi connectivity index (χ3v) is 6.98. The number of nitrogens with one attached hydrogen (secondary N) is 2. The number of amides is 3. The molecule has 36 heavy (non-hydrogen) atoms. The summed E-state index contributed by atoms with van der Waals surface area (Å²) < 4.78 is 5.32. The van der Waals surface area contributed by atoms with Crippen molar-refractivity contribution < 1.29 is 24.2 Å². The SMILES string of the molecule is CC(C)C(NC(=O)NCC(C)(C)OC(=O)[C@H](C)N)C(=O)N1CCC(O)(c2ccc(Cl)cc2)C(C)(C)C1. The first-order valence-electron chi connectivity index (χ1n) is 12.3. The van der Waals surface area contributed by atoms with E-state index in [0.29, 0.717) is 24.5 Å². The molecule has 0 spiro atoms. The van der Waals surface area contributed by atoms with Crippen molar-refractivity contribution in [3.8, 4) is 0 Å². The van der Waals surface area contributed by atoms with Crippen LogP contribution in [-0.2, 0) is 19.9 Å². The van der Waals surface area contributed by atoms with Crippen molar-refractivity contribution in [1.82, 2.24) is 15.5 Å². The van der Waals surface area contributed by atoms with Crippen LogP contribution >= 0.6 is 11.6 Å². The number of nitrogens with two attached hydrogens (primary N) is 1. The Morgan fingerprint density at radius 3 is 2.28 bits per heavy atom. The number of aliphatic hydroxyl groups is 1. The molecule has 0 bridgehead atoms. The molecule has 1 heterocycles. The van der Waals surface area contributed by atoms with Crippen LogP contribution in [0.15, 0.2) is 24.3 Å². The van der Waals surface area contributed by atoms with E-state index in [4.69, 9.17) is 22.1 Å². The Balaban J connectivity index is 2.05. The second-order valence-corrected chi connectivity index (χ2v) is 11.7. The summed E-state index contributed by atoms with van der Waals surface area (Å²) in [5.41, 5.74) is 3.55. The lowest BCUT2D eigenvalue weighted by molar-refractivity contribution is -0.157. The van der Waals surface area contributed by atoms with Crippen molar-refractivity contribution in [3.63, 3.8) is 0 Å². The van der Waals surface area contributed by atoms with Gasteiger partial charge in [-0.1, -0.05) is 51.4 Å². The van der Waals surface area contributed by atoms with Gasteiger partial charge in [-0.25, -0.2) is 4.79 Å². The number of carbonyl (C=O) groups excluding carboxylic acids is 3. The molecular weight excluding hydrogens is 484 g/mol. The van der Waals surface area contributed by atoms with Gasteiger partial charge in [0.15, 0.2) is 0 Å². The zero-order chi connectivity index (χ0) is 27.5. The minimum Gasteiger partial charge on any atom is -0.457 e. The highest BCUT2D eigenvalue weighted by atomic mass is 35.5. The molecule has 2 rings (SSSR count). The minimum absolute atomic E-state index is 0.0428. The summed E-state index contributed by atoms with van der Waals surface area (Å²) in [4.78, 5) is 39.6. The van der Waals surface area contributed by atoms with E-state index in [1.54, 1.807) is 30.9 Å². The molecule has 1 fully saturated rings. The van der Waals surface area contributed by atoms with Crippen LogP contribution in [0.3, 0.4) is 0 Å². The molecule has 1 saturated heterocycles. The zero-order valence-corrected chi connectivity index (χ0v) is 23.1. The first-order chi connectivity index (χ1) is 16.5. The molecule has 2 unspecified atom stereocenters. The average Bonchev–Trinajstić information content (AvgIpc) is 2.77. The Labute approximate surface area is 219 Å². The molecule has 9 nitrogen and oxygen atoms in total. The van der Waals surface area contributed by atoms with Crippen LogP contribution < -0.4 is 16.4 Å². The monoisotopic (exact) mass is 524 g/mol. The molecule has 202 valence electrons. The van der Waals surface area contributed by atoms with E-state index in [2.05, 4.69) is 10.6 Å². The average molecular weight is 525 g/mol. The van der Waals surface area contributed by atoms with Crippen LogP contribution in [0.25, 0.3) is 0 Å². The molecule has 0 saturated carbocycles. The number of hydrogen-bond acceptors (Lipinski definition) is 6. The van der Waals surface area contributed by atoms with Crippen molar-refractivity contribution >= 4 is 29.5 Å². The molecule has 1 aromatic carbocycles. The van der Waals surface area contributed by atoms with E-state index in [1.165, 1.54) is 6.92 Å². The quantitative estimate of drug-likeness (QED) is 0.386. The number of urea groups is 1. The van der Waals surface area contributed by atoms with Crippen LogP contribution in [0.2, 0.25) is 5.02 Å². The van der Waals surface area contributed by atoms with Gasteiger partial charge in [0.1, 0.15) is 17.7 Å². The molecule has 3 atom stereocenters. The Morgan fingerprint density at radius 1 is 1.19 bits per heavy atom. The van der Waals surface area contributed by atoms with Crippen molar-refractivity contribution in [2.75, 3.05) is 19.6 Å². The molecule has 1 aromatic rings. The number of ether oxygens (including phenoxy) is 1. The van der Waals surface area contributed by atoms with Crippen LogP contribution in [0.4, 0.5) is 4.79 Å². The van der Waals surface area contributed by atoms with E-state index in [1.807, 2.05) is 39.8 Å². The Kier molecular flexibility index (Phi) is 9.42. The molecule has 0 radical (unpaired) electrons. The summed E-state index contributed by atoms with van der Waals surface area (Å²) in [5, 5.41) is 17.6. The maximum Gasteiger partial charge on any atom is 0.323 e. The number of piperidine rings is 1. The fourth-order valence-corrected chi connectivity index (χ4v) is 4.49. The maximum atomic E-state index is 13.5. The van der Waals surface area contributed by atoms with Gasteiger partial charge >= 0.3 is 12.0 Å². The highest BCUT2D eigenvalue weighted by Crippen LogP contribution is 2.46. The van der Waals surface area contributed by atoms with Gasteiger partial charge in [-0.05, 0) is 50.8 Å². The zero-order valence-electron chi connectivity index (χ0n) is 22.4. The van der Waals surface area contributed by atoms with E-state index < -0.39 is 40.7 Å². The maximum absolute atomic E-state index is 13.5. The lowest BCUT2D eigenvalue weighted by atomic mass is 9.66. The second-order valence-electron chi connectivity index (χ2n) is 11.3. The summed E-state index contributed by atoms with van der Waals surface area (Å²) in [7, 11) is 0. The lowest BCUT2D eigenvalue weighted by Crippen LogP contribution is -2.61. The van der Waals surface area contributed by atoms with Gasteiger partial charge in [0, 0.05) is 23.5 Å². The third-order valence-electron chi connectivity index (χ3n) is 6.73. The number of likely N-dealkylation sites (tertiary alicyclic amines) is 1. The second kappa shape index (κ2) is 11.4. The fourth-order valence-electron chi connectivity index (χ4n) is 4.37. The van der Waals surface area contributed by atoms with Crippen molar-refractivity contribution in [2.45, 2.75) is 78.2 Å². The summed E-state index contributed by atoms with van der Waals surface area (Å²) in [6.07, 6.45) is 0.351. The van der Waals surface area contributed by atoms with Gasteiger partial charge in [-0.3, -0.25) is 9.59 Å². The van der Waals surface area contributed by atoms with Gasteiger partial charge in [0.2, 0.25) is 5.91 Å². The molecule has 10 heteroatoms. The predicted molar refractivity (Wildman–Crippen MR) is 139 cm³/mol. The molecular formula is C26H41ClN4O5. The van der Waals surface area contributed by atoms with Gasteiger partial charge in [0.05, 0.1) is 12.1 Å². The number of hydrogen-bond donors (Lipinski definition) is 4. The van der Waals surface area contributed by atoms with Crippen LogP contribution in [0.5, 0.6) is 0 Å². The highest BCUT2D eigenvalue weighted by Gasteiger charge is 2.50. The number of carbonyl (C=O) groups is 3. The standard InChI is InChI=1S/C26H41ClN4O5/c1-16(2)20(30-23(34)29-14-25(6,7)36-22(33)17(3)28)21(32)31-13-12-26(35,24(4,5)15-31)18-8-10-19(27)11-9-18/h8-11,16-17,20,35H,12-15,28H2,1-7H3,(H2,29,30,34)/t17-,20?,26?/m0/s1. The molecule has 5 N–H and O–H groups in total. The van der Waals surface area contributed by atoms with Crippen molar-refractivity contribution in [3.05, 3.63) is 34.9 Å². The molecule has 1 aliphatic heterocycles. The van der Waals surface area contributed by atoms with E-state index in [-0.39, 0.29) is 18.4 Å². The third kappa shape index (κ3) is 7.11. The number of halogens is 1. The predicted octanol–water partition coefficient (Wildman–Crippen LogP) is 2.78. The van der Waals surface area contributed by atoms with E-state index >= 15 is 0 Å². The van der Waals surface area contributed by atoms with Crippen LogP contribution in [0.1, 0.15) is 60.5 Å². The van der Waals surface area contributed by atoms with Crippen molar-refractivity contribution in [1.29, 1.82) is 0 Å². The van der Waals surface area contributed by atoms with E-state index in [0.717, 1.165) is 5.56 Å². The van der Waals surface area contributed by atoms with Crippen LogP contribution in [0, 0.1) is 11.3 Å². The molecule has 1 aliphatic rings. The number of benzene rings is 1. The molecule has 0 aromatic heterocycles. The molecule has 3 amide bonds. The Morgan fingerprint density at radius 2 is 1.78 bits per heavy atom. The lowest BCUT2D eigenvalue weighted by Gasteiger charge is -2.51. The highest BCUT2D eigenvalue weighted by molar-refractivity contribution is 6.30. The normalized spacial score (nSPS) is 21.5. The Bertz CT molecular complexity index is 948. The topological polar surface area (TPSA) is 134 Å². The molecule has 0 aliphatic carbocycles. The summed E-state index contributed by atoms with van der Waals surface area (Å²) >= 11 is 6.02. The smallest absolute Gasteiger partial charge is 0.323 e. The first-order valence-corrected chi connectivity index (χ1v) is 12.7. The number of esters is 1. The minimum atomic E-state index is -1.13. The van der Waals surface area contributed by atoms with Crippen molar-refractivity contribution in [2.24, 2.45) is 17.1 Å². The number of nitrogens with zero attached hydrogens (tertiary/aromatic N) is 1. The van der Waals surface area contributed by atoms with E-state index in [9.17, 15) is 19.5 Å².